The van der Waals surface area contributed by atoms with Crippen LogP contribution in [-0.2, 0) is 4.57 Å². The van der Waals surface area contributed by atoms with Gasteiger partial charge in [0.1, 0.15) is 17.2 Å². The average Bonchev–Trinajstić information content (AvgIpc) is 2.74. The maximum absolute atomic E-state index is 14.1. The maximum atomic E-state index is 14.1. The maximum Gasteiger partial charge on any atom is 0.647 e. The Kier molecular flexibility index (Phi) is 7.07. The van der Waals surface area contributed by atoms with Crippen LogP contribution in [0.5, 0.6) is 17.2 Å². The van der Waals surface area contributed by atoms with Crippen molar-refractivity contribution in [2.24, 2.45) is 0 Å². The third kappa shape index (κ3) is 5.40. The number of hydrogen-bond donors (Lipinski definition) is 0. The van der Waals surface area contributed by atoms with E-state index in [1.807, 2.05) is 57.2 Å². The first kappa shape index (κ1) is 23.2. The first-order valence-electron chi connectivity index (χ1n) is 10.1. The molecule has 0 fully saturated rings. The smallest absolute Gasteiger partial charge is 0.385 e. The van der Waals surface area contributed by atoms with Gasteiger partial charge in [0.25, 0.3) is 0 Å². The molecule has 0 aliphatic carbocycles. The van der Waals surface area contributed by atoms with Crippen molar-refractivity contribution in [3.8, 4) is 17.2 Å². The summed E-state index contributed by atoms with van der Waals surface area (Å²) in [5, 5.41) is 0. The fourth-order valence-corrected chi connectivity index (χ4v) is 4.43. The molecular formula is C27H27O4P. The summed E-state index contributed by atoms with van der Waals surface area (Å²) in [6, 6.07) is 21.6. The summed E-state index contributed by atoms with van der Waals surface area (Å²) in [6.45, 7) is 17.5. The monoisotopic (exact) mass is 446 g/mol. The minimum Gasteiger partial charge on any atom is -0.385 e. The molecule has 0 aliphatic rings. The zero-order chi connectivity index (χ0) is 23.3. The van der Waals surface area contributed by atoms with Crippen LogP contribution in [0.4, 0.5) is 0 Å². The van der Waals surface area contributed by atoms with Crippen LogP contribution < -0.4 is 13.6 Å². The summed E-state index contributed by atoms with van der Waals surface area (Å²) < 4.78 is 32.0. The molecule has 0 aliphatic heterocycles. The van der Waals surface area contributed by atoms with Gasteiger partial charge < -0.3 is 13.6 Å². The quantitative estimate of drug-likeness (QED) is 0.309. The Labute approximate surface area is 190 Å². The van der Waals surface area contributed by atoms with E-state index in [0.717, 1.165) is 16.7 Å². The zero-order valence-corrected chi connectivity index (χ0v) is 19.5. The highest BCUT2D eigenvalue weighted by Gasteiger charge is 2.35. The fourth-order valence-electron chi connectivity index (χ4n) is 3.11. The molecule has 0 unspecified atom stereocenters. The zero-order valence-electron chi connectivity index (χ0n) is 18.6. The second-order valence-electron chi connectivity index (χ2n) is 7.55. The van der Waals surface area contributed by atoms with Crippen LogP contribution in [0.3, 0.4) is 0 Å². The van der Waals surface area contributed by atoms with Gasteiger partial charge in [0.15, 0.2) is 0 Å². The van der Waals surface area contributed by atoms with Gasteiger partial charge in [-0.2, -0.15) is 4.57 Å². The Morgan fingerprint density at radius 3 is 1.06 bits per heavy atom. The molecule has 0 saturated carbocycles. The fraction of sp³-hybridized carbons (Fsp3) is 0.111. The van der Waals surface area contributed by atoms with Crippen molar-refractivity contribution in [2.75, 3.05) is 0 Å². The molecule has 3 aromatic carbocycles. The van der Waals surface area contributed by atoms with Crippen LogP contribution in [-0.4, -0.2) is 0 Å². The number of phosphoric ester groups is 1. The van der Waals surface area contributed by atoms with Gasteiger partial charge in [-0.15, -0.1) is 0 Å². The summed E-state index contributed by atoms with van der Waals surface area (Å²) in [5.41, 5.74) is 4.41. The second kappa shape index (κ2) is 9.76. The van der Waals surface area contributed by atoms with E-state index >= 15 is 0 Å². The topological polar surface area (TPSA) is 44.8 Å². The molecule has 0 bridgehead atoms. The third-order valence-corrected chi connectivity index (χ3v) is 5.93. The van der Waals surface area contributed by atoms with E-state index in [9.17, 15) is 4.57 Å². The number of hydrogen-bond acceptors (Lipinski definition) is 4. The minimum absolute atomic E-state index is 0.351. The first-order valence-corrected chi connectivity index (χ1v) is 11.6. The standard InChI is InChI=1S/C27H27O4P/c1-19(2)22-13-7-10-16-25(22)29-32(28,30-26-17-11-8-14-23(26)20(3)4)31-27-18-12-9-15-24(27)21(5)6/h7-18H,1,3,5H2,2,4,6H3. The van der Waals surface area contributed by atoms with Gasteiger partial charge in [-0.25, -0.2) is 0 Å². The van der Waals surface area contributed by atoms with Crippen LogP contribution in [0, 0.1) is 0 Å². The van der Waals surface area contributed by atoms with E-state index in [1.165, 1.54) is 0 Å². The summed E-state index contributed by atoms with van der Waals surface area (Å²) in [5.74, 6) is 1.05. The molecule has 164 valence electrons. The van der Waals surface area contributed by atoms with Gasteiger partial charge in [0.05, 0.1) is 0 Å². The third-order valence-electron chi connectivity index (χ3n) is 4.67. The van der Waals surface area contributed by atoms with Crippen LogP contribution in [0.25, 0.3) is 16.7 Å². The molecule has 5 heteroatoms. The molecule has 0 spiro atoms. The van der Waals surface area contributed by atoms with Crippen molar-refractivity contribution < 1.29 is 18.1 Å². The van der Waals surface area contributed by atoms with Crippen molar-refractivity contribution in [2.45, 2.75) is 20.8 Å². The lowest BCUT2D eigenvalue weighted by atomic mass is 10.1. The first-order chi connectivity index (χ1) is 15.2. The van der Waals surface area contributed by atoms with Crippen LogP contribution in [0.15, 0.2) is 92.5 Å². The van der Waals surface area contributed by atoms with Crippen molar-refractivity contribution in [3.63, 3.8) is 0 Å². The Bertz CT molecular complexity index is 1070. The van der Waals surface area contributed by atoms with Crippen molar-refractivity contribution in [1.82, 2.24) is 0 Å². The average molecular weight is 446 g/mol. The lowest BCUT2D eigenvalue weighted by Crippen LogP contribution is -2.10. The van der Waals surface area contributed by atoms with Gasteiger partial charge in [-0.3, -0.25) is 0 Å². The summed E-state index contributed by atoms with van der Waals surface area (Å²) in [7, 11) is -4.21. The Hall–Kier alpha value is -3.49. The van der Waals surface area contributed by atoms with Crippen molar-refractivity contribution in [1.29, 1.82) is 0 Å². The summed E-state index contributed by atoms with van der Waals surface area (Å²) in [4.78, 5) is 0. The number of para-hydroxylation sites is 3. The lowest BCUT2D eigenvalue weighted by molar-refractivity contribution is 0.297. The molecule has 0 aromatic heterocycles. The molecule has 0 N–H and O–H groups in total. The number of phosphoric acid groups is 1. The highest BCUT2D eigenvalue weighted by molar-refractivity contribution is 7.49. The Morgan fingerprint density at radius 2 is 0.812 bits per heavy atom. The van der Waals surface area contributed by atoms with E-state index in [2.05, 4.69) is 19.7 Å². The van der Waals surface area contributed by atoms with Crippen molar-refractivity contribution >= 4 is 24.5 Å². The predicted octanol–water partition coefficient (Wildman–Crippen LogP) is 8.43. The van der Waals surface area contributed by atoms with Crippen LogP contribution in [0.1, 0.15) is 37.5 Å². The van der Waals surface area contributed by atoms with E-state index in [4.69, 9.17) is 13.6 Å². The normalized spacial score (nSPS) is 10.8. The highest BCUT2D eigenvalue weighted by atomic mass is 31.2. The largest absolute Gasteiger partial charge is 0.647 e. The van der Waals surface area contributed by atoms with Gasteiger partial charge >= 0.3 is 7.82 Å². The molecule has 0 atom stereocenters. The lowest BCUT2D eigenvalue weighted by Gasteiger charge is -2.23. The molecule has 0 heterocycles. The molecule has 3 rings (SSSR count). The molecule has 0 radical (unpaired) electrons. The molecular weight excluding hydrogens is 419 g/mol. The number of allylic oxidation sites excluding steroid dienone is 3. The molecule has 0 saturated heterocycles. The van der Waals surface area contributed by atoms with E-state index < -0.39 is 7.82 Å². The molecule has 3 aromatic rings. The SMILES string of the molecule is C=C(C)c1ccccc1OP(=O)(Oc1ccccc1C(=C)C)Oc1ccccc1C(=C)C. The van der Waals surface area contributed by atoms with Crippen molar-refractivity contribution in [3.05, 3.63) is 109 Å². The Morgan fingerprint density at radius 1 is 0.562 bits per heavy atom. The van der Waals surface area contributed by atoms with Gasteiger partial charge in [-0.05, 0) is 55.7 Å². The summed E-state index contributed by atoms with van der Waals surface area (Å²) >= 11 is 0. The predicted molar refractivity (Wildman–Crippen MR) is 133 cm³/mol. The van der Waals surface area contributed by atoms with Gasteiger partial charge in [0.2, 0.25) is 0 Å². The second-order valence-corrected chi connectivity index (χ2v) is 8.99. The van der Waals surface area contributed by atoms with E-state index in [1.54, 1.807) is 36.4 Å². The van der Waals surface area contributed by atoms with E-state index in [-0.39, 0.29) is 0 Å². The molecule has 0 amide bonds. The van der Waals surface area contributed by atoms with Crippen LogP contribution >= 0.6 is 7.82 Å². The number of benzene rings is 3. The Balaban J connectivity index is 2.10. The minimum atomic E-state index is -4.21. The van der Waals surface area contributed by atoms with Gasteiger partial charge in [0, 0.05) is 16.7 Å². The van der Waals surface area contributed by atoms with Gasteiger partial charge in [-0.1, -0.05) is 74.3 Å². The summed E-state index contributed by atoms with van der Waals surface area (Å²) in [6.07, 6.45) is 0. The van der Waals surface area contributed by atoms with E-state index in [0.29, 0.717) is 33.9 Å². The van der Waals surface area contributed by atoms with Crippen LogP contribution in [0.2, 0.25) is 0 Å². The molecule has 4 nitrogen and oxygen atoms in total. The molecule has 32 heavy (non-hydrogen) atoms. The highest BCUT2D eigenvalue weighted by Crippen LogP contribution is 2.52. The number of rotatable bonds is 9.